The summed E-state index contributed by atoms with van der Waals surface area (Å²) in [5.74, 6) is 0. The van der Waals surface area contributed by atoms with Crippen molar-refractivity contribution in [3.8, 4) is 0 Å². The van der Waals surface area contributed by atoms with Crippen LogP contribution in [0.15, 0.2) is 22.7 Å². The number of anilines is 2. The van der Waals surface area contributed by atoms with E-state index < -0.39 is 0 Å². The molecule has 2 aromatic rings. The lowest BCUT2D eigenvalue weighted by atomic mass is 10.2. The molecule has 0 spiro atoms. The van der Waals surface area contributed by atoms with Crippen molar-refractivity contribution in [2.24, 2.45) is 0 Å². The number of aryl methyl sites for hydroxylation is 1. The number of hydrogen-bond donors (Lipinski definition) is 1. The minimum Gasteiger partial charge on any atom is -0.329 e. The Bertz CT molecular complexity index is 429. The highest BCUT2D eigenvalue weighted by molar-refractivity contribution is 9.10. The van der Waals surface area contributed by atoms with Gasteiger partial charge in [-0.1, -0.05) is 31.6 Å². The summed E-state index contributed by atoms with van der Waals surface area (Å²) < 4.78 is 4.71. The van der Waals surface area contributed by atoms with Crippen LogP contribution < -0.4 is 5.32 Å². The highest BCUT2D eigenvalue weighted by Crippen LogP contribution is 2.24. The van der Waals surface area contributed by atoms with Gasteiger partial charge in [0.2, 0.25) is 5.13 Å². The smallest absolute Gasteiger partial charge is 0.229 e. The average Bonchev–Trinajstić information content (AvgIpc) is 2.64. The second-order valence-electron chi connectivity index (χ2n) is 2.75. The van der Waals surface area contributed by atoms with E-state index in [1.165, 1.54) is 11.5 Å². The van der Waals surface area contributed by atoms with E-state index >= 15 is 0 Å². The first-order chi connectivity index (χ1) is 6.75. The second-order valence-corrected chi connectivity index (χ2v) is 4.40. The molecule has 2 rings (SSSR count). The highest BCUT2D eigenvalue weighted by atomic mass is 79.9. The Morgan fingerprint density at radius 1 is 1.43 bits per heavy atom. The number of nitrogens with one attached hydrogen (secondary N) is 1. The fourth-order valence-corrected chi connectivity index (χ4v) is 1.77. The van der Waals surface area contributed by atoms with Crippen LogP contribution in [0.1, 0.15) is 5.56 Å². The molecule has 0 saturated heterocycles. The maximum atomic E-state index is 3.81. The van der Waals surface area contributed by atoms with Gasteiger partial charge in [-0.15, -0.1) is 0 Å². The molecule has 0 unspecified atom stereocenters. The third-order valence-corrected chi connectivity index (χ3v) is 2.75. The lowest BCUT2D eigenvalue weighted by Crippen LogP contribution is -1.92. The fraction of sp³-hybridized carbons (Fsp3) is 0.125. The van der Waals surface area contributed by atoms with Crippen LogP contribution in [0.3, 0.4) is 0 Å². The Morgan fingerprint density at radius 2 is 2.29 bits per heavy atom. The summed E-state index contributed by atoms with van der Waals surface area (Å²) in [6.07, 6.45) is 0. The van der Waals surface area contributed by atoms with Crippen molar-refractivity contribution >= 4 is 38.3 Å². The van der Waals surface area contributed by atoms with E-state index in [4.69, 9.17) is 0 Å². The summed E-state index contributed by atoms with van der Waals surface area (Å²) in [5, 5.41) is 11.2. The Hall–Kier alpha value is -1.01. The largest absolute Gasteiger partial charge is 0.329 e. The summed E-state index contributed by atoms with van der Waals surface area (Å²) in [4.78, 5) is 0. The standard InChI is InChI=1S/C8H7BrN4S/c1-5-2-3-6(9)4-7(5)10-8-11-12-13-14-8/h2-4H,1H3,(H,10,11,13). The van der Waals surface area contributed by atoms with Crippen molar-refractivity contribution < 1.29 is 0 Å². The molecule has 0 aliphatic heterocycles. The number of benzene rings is 1. The molecule has 0 radical (unpaired) electrons. The first-order valence-corrected chi connectivity index (χ1v) is 5.50. The number of rotatable bonds is 2. The summed E-state index contributed by atoms with van der Waals surface area (Å²) in [7, 11) is 0. The average molecular weight is 271 g/mol. The van der Waals surface area contributed by atoms with Gasteiger partial charge in [-0.3, -0.25) is 0 Å². The molecule has 4 nitrogen and oxygen atoms in total. The molecule has 1 heterocycles. The van der Waals surface area contributed by atoms with Crippen LogP contribution in [0.5, 0.6) is 0 Å². The molecule has 0 saturated carbocycles. The zero-order valence-electron chi connectivity index (χ0n) is 7.36. The molecular weight excluding hydrogens is 264 g/mol. The van der Waals surface area contributed by atoms with Gasteiger partial charge in [0.05, 0.1) is 0 Å². The summed E-state index contributed by atoms with van der Waals surface area (Å²) >= 11 is 4.65. The van der Waals surface area contributed by atoms with Crippen molar-refractivity contribution in [3.05, 3.63) is 28.2 Å². The minimum absolute atomic E-state index is 0.700. The van der Waals surface area contributed by atoms with Gasteiger partial charge < -0.3 is 5.32 Å². The molecule has 0 atom stereocenters. The molecule has 72 valence electrons. The van der Waals surface area contributed by atoms with E-state index in [1.807, 2.05) is 25.1 Å². The van der Waals surface area contributed by atoms with Crippen molar-refractivity contribution in [2.75, 3.05) is 5.32 Å². The van der Waals surface area contributed by atoms with Gasteiger partial charge in [0.15, 0.2) is 0 Å². The van der Waals surface area contributed by atoms with Crippen LogP contribution in [0.4, 0.5) is 10.8 Å². The van der Waals surface area contributed by atoms with E-state index in [2.05, 4.69) is 36.0 Å². The monoisotopic (exact) mass is 270 g/mol. The maximum absolute atomic E-state index is 3.81. The first-order valence-electron chi connectivity index (χ1n) is 3.94. The van der Waals surface area contributed by atoms with E-state index in [0.29, 0.717) is 5.13 Å². The number of nitrogens with zero attached hydrogens (tertiary/aromatic N) is 3. The molecule has 1 N–H and O–H groups in total. The Balaban J connectivity index is 2.28. The van der Waals surface area contributed by atoms with Gasteiger partial charge in [0, 0.05) is 21.7 Å². The SMILES string of the molecule is Cc1ccc(Br)cc1Nc1nnns1. The second kappa shape index (κ2) is 4.02. The number of hydrogen-bond acceptors (Lipinski definition) is 5. The van der Waals surface area contributed by atoms with Gasteiger partial charge in [0.25, 0.3) is 0 Å². The van der Waals surface area contributed by atoms with Gasteiger partial charge in [-0.05, 0) is 29.8 Å². The van der Waals surface area contributed by atoms with Gasteiger partial charge in [0.1, 0.15) is 0 Å². The van der Waals surface area contributed by atoms with Crippen LogP contribution in [-0.4, -0.2) is 14.8 Å². The van der Waals surface area contributed by atoms with Gasteiger partial charge >= 0.3 is 0 Å². The van der Waals surface area contributed by atoms with Gasteiger partial charge in [-0.25, -0.2) is 0 Å². The number of halogens is 1. The summed E-state index contributed by atoms with van der Waals surface area (Å²) in [5.41, 5.74) is 2.17. The van der Waals surface area contributed by atoms with E-state index in [0.717, 1.165) is 15.7 Å². The predicted octanol–water partition coefficient (Wildman–Crippen LogP) is 2.75. The van der Waals surface area contributed by atoms with E-state index in [-0.39, 0.29) is 0 Å². The van der Waals surface area contributed by atoms with Crippen molar-refractivity contribution in [1.82, 2.24) is 14.8 Å². The van der Waals surface area contributed by atoms with Crippen LogP contribution in [0.25, 0.3) is 0 Å². The van der Waals surface area contributed by atoms with Crippen molar-refractivity contribution in [3.63, 3.8) is 0 Å². The molecule has 0 fully saturated rings. The molecule has 0 aliphatic carbocycles. The number of aromatic nitrogens is 3. The molecule has 1 aromatic carbocycles. The quantitative estimate of drug-likeness (QED) is 0.912. The van der Waals surface area contributed by atoms with Crippen LogP contribution in [0.2, 0.25) is 0 Å². The maximum Gasteiger partial charge on any atom is 0.229 e. The molecule has 0 bridgehead atoms. The van der Waals surface area contributed by atoms with E-state index in [1.54, 1.807) is 0 Å². The minimum atomic E-state index is 0.700. The lowest BCUT2D eigenvalue weighted by Gasteiger charge is -2.05. The van der Waals surface area contributed by atoms with Crippen LogP contribution in [0, 0.1) is 6.92 Å². The Morgan fingerprint density at radius 3 is 3.00 bits per heavy atom. The molecule has 14 heavy (non-hydrogen) atoms. The molecule has 1 aromatic heterocycles. The third kappa shape index (κ3) is 2.08. The zero-order valence-corrected chi connectivity index (χ0v) is 9.76. The molecular formula is C8H7BrN4S. The molecule has 0 amide bonds. The van der Waals surface area contributed by atoms with Crippen molar-refractivity contribution in [1.29, 1.82) is 0 Å². The third-order valence-electron chi connectivity index (χ3n) is 1.74. The highest BCUT2D eigenvalue weighted by Gasteiger charge is 2.02. The molecule has 6 heteroatoms. The Labute approximate surface area is 93.6 Å². The first kappa shape index (κ1) is 9.54. The predicted molar refractivity (Wildman–Crippen MR) is 59.9 cm³/mol. The van der Waals surface area contributed by atoms with Crippen LogP contribution in [-0.2, 0) is 0 Å². The van der Waals surface area contributed by atoms with Gasteiger partial charge in [-0.2, -0.15) is 0 Å². The zero-order chi connectivity index (χ0) is 9.97. The van der Waals surface area contributed by atoms with E-state index in [9.17, 15) is 0 Å². The topological polar surface area (TPSA) is 50.7 Å². The molecule has 0 aliphatic rings. The normalized spacial score (nSPS) is 10.1. The summed E-state index contributed by atoms with van der Waals surface area (Å²) in [6.45, 7) is 2.03. The van der Waals surface area contributed by atoms with Crippen LogP contribution >= 0.6 is 27.5 Å². The van der Waals surface area contributed by atoms with Crippen molar-refractivity contribution in [2.45, 2.75) is 6.92 Å². The Kier molecular flexibility index (Phi) is 2.74. The summed E-state index contributed by atoms with van der Waals surface area (Å²) in [6, 6.07) is 6.02. The fourth-order valence-electron chi connectivity index (χ4n) is 1.03. The lowest BCUT2D eigenvalue weighted by molar-refractivity contribution is 0.961.